The molecule has 0 atom stereocenters. The minimum absolute atomic E-state index is 0.0389. The fourth-order valence-corrected chi connectivity index (χ4v) is 2.10. The SMILES string of the molecule is NCCNc1nc(Nc2ccc(Cl)c(Cl)c2)c(C(N)=O)cc1F. The summed E-state index contributed by atoms with van der Waals surface area (Å²) in [5, 5.41) is 6.30. The van der Waals surface area contributed by atoms with Gasteiger partial charge in [-0.25, -0.2) is 9.37 Å². The largest absolute Gasteiger partial charge is 0.366 e. The Kier molecular flexibility index (Phi) is 5.59. The second-order valence-corrected chi connectivity index (χ2v) is 5.36. The molecule has 23 heavy (non-hydrogen) atoms. The molecule has 0 unspecified atom stereocenters. The first-order chi connectivity index (χ1) is 10.9. The van der Waals surface area contributed by atoms with Gasteiger partial charge in [0.05, 0.1) is 15.6 Å². The van der Waals surface area contributed by atoms with Crippen LogP contribution < -0.4 is 22.1 Å². The second-order valence-electron chi connectivity index (χ2n) is 4.55. The average molecular weight is 358 g/mol. The molecule has 9 heteroatoms. The zero-order chi connectivity index (χ0) is 17.0. The van der Waals surface area contributed by atoms with E-state index in [-0.39, 0.29) is 17.2 Å². The summed E-state index contributed by atoms with van der Waals surface area (Å²) in [5.41, 5.74) is 11.1. The molecular weight excluding hydrogens is 344 g/mol. The Morgan fingerprint density at radius 1 is 1.22 bits per heavy atom. The zero-order valence-electron chi connectivity index (χ0n) is 11.9. The number of nitrogens with two attached hydrogens (primary N) is 2. The molecule has 0 fully saturated rings. The molecule has 122 valence electrons. The van der Waals surface area contributed by atoms with Crippen LogP contribution in [0.1, 0.15) is 10.4 Å². The fourth-order valence-electron chi connectivity index (χ4n) is 1.80. The Labute approximate surface area is 142 Å². The van der Waals surface area contributed by atoms with E-state index in [1.54, 1.807) is 18.2 Å². The summed E-state index contributed by atoms with van der Waals surface area (Å²) in [5.74, 6) is -1.46. The summed E-state index contributed by atoms with van der Waals surface area (Å²) < 4.78 is 13.9. The normalized spacial score (nSPS) is 10.4. The highest BCUT2D eigenvalue weighted by molar-refractivity contribution is 6.42. The van der Waals surface area contributed by atoms with Crippen molar-refractivity contribution in [3.8, 4) is 0 Å². The number of amides is 1. The van der Waals surface area contributed by atoms with Crippen LogP contribution in [0.15, 0.2) is 24.3 Å². The van der Waals surface area contributed by atoms with Gasteiger partial charge in [-0.05, 0) is 24.3 Å². The lowest BCUT2D eigenvalue weighted by atomic mass is 10.2. The molecule has 0 radical (unpaired) electrons. The van der Waals surface area contributed by atoms with Gasteiger partial charge in [-0.2, -0.15) is 0 Å². The Morgan fingerprint density at radius 2 is 1.96 bits per heavy atom. The van der Waals surface area contributed by atoms with Gasteiger partial charge < -0.3 is 22.1 Å². The number of nitrogens with zero attached hydrogens (tertiary/aromatic N) is 1. The van der Waals surface area contributed by atoms with Crippen LogP contribution in [0.3, 0.4) is 0 Å². The van der Waals surface area contributed by atoms with Crippen LogP contribution in [0, 0.1) is 5.82 Å². The summed E-state index contributed by atoms with van der Waals surface area (Å²) in [6, 6.07) is 5.77. The lowest BCUT2D eigenvalue weighted by molar-refractivity contribution is 0.100. The predicted octanol–water partition coefficient (Wildman–Crippen LogP) is 2.74. The number of halogens is 3. The van der Waals surface area contributed by atoms with E-state index in [2.05, 4.69) is 15.6 Å². The number of hydrogen-bond donors (Lipinski definition) is 4. The van der Waals surface area contributed by atoms with E-state index in [0.717, 1.165) is 6.07 Å². The number of benzene rings is 1. The molecule has 1 aromatic carbocycles. The van der Waals surface area contributed by atoms with Crippen LogP contribution in [-0.4, -0.2) is 24.0 Å². The van der Waals surface area contributed by atoms with Gasteiger partial charge in [0.1, 0.15) is 5.82 Å². The summed E-state index contributed by atoms with van der Waals surface area (Å²) in [6.07, 6.45) is 0. The Bertz CT molecular complexity index is 741. The summed E-state index contributed by atoms with van der Waals surface area (Å²) >= 11 is 11.8. The van der Waals surface area contributed by atoms with Gasteiger partial charge in [-0.1, -0.05) is 23.2 Å². The molecule has 0 bridgehead atoms. The number of nitrogens with one attached hydrogen (secondary N) is 2. The van der Waals surface area contributed by atoms with Gasteiger partial charge in [-0.3, -0.25) is 4.79 Å². The summed E-state index contributed by atoms with van der Waals surface area (Å²) in [6.45, 7) is 0.625. The van der Waals surface area contributed by atoms with Crippen LogP contribution in [0.25, 0.3) is 0 Å². The maximum Gasteiger partial charge on any atom is 0.252 e. The highest BCUT2D eigenvalue weighted by atomic mass is 35.5. The number of rotatable bonds is 6. The highest BCUT2D eigenvalue weighted by Gasteiger charge is 2.16. The van der Waals surface area contributed by atoms with E-state index in [1.807, 2.05) is 0 Å². The van der Waals surface area contributed by atoms with Crippen molar-refractivity contribution in [3.05, 3.63) is 45.7 Å². The van der Waals surface area contributed by atoms with Crippen molar-refractivity contribution in [2.75, 3.05) is 23.7 Å². The van der Waals surface area contributed by atoms with Crippen LogP contribution in [0.4, 0.5) is 21.7 Å². The third-order valence-corrected chi connectivity index (χ3v) is 3.60. The molecular formula is C14H14Cl2FN5O. The van der Waals surface area contributed by atoms with Gasteiger partial charge in [0.25, 0.3) is 5.91 Å². The Morgan fingerprint density at radius 3 is 2.57 bits per heavy atom. The number of hydrogen-bond acceptors (Lipinski definition) is 5. The van der Waals surface area contributed by atoms with E-state index in [0.29, 0.717) is 28.8 Å². The quantitative estimate of drug-likeness (QED) is 0.635. The number of primary amides is 1. The number of aromatic nitrogens is 1. The maximum absolute atomic E-state index is 13.9. The molecule has 0 aliphatic carbocycles. The molecule has 2 rings (SSSR count). The minimum Gasteiger partial charge on any atom is -0.366 e. The van der Waals surface area contributed by atoms with Crippen molar-refractivity contribution < 1.29 is 9.18 Å². The summed E-state index contributed by atoms with van der Waals surface area (Å²) in [7, 11) is 0. The van der Waals surface area contributed by atoms with Crippen LogP contribution in [0.5, 0.6) is 0 Å². The van der Waals surface area contributed by atoms with Crippen LogP contribution in [-0.2, 0) is 0 Å². The topological polar surface area (TPSA) is 106 Å². The van der Waals surface area contributed by atoms with Crippen LogP contribution in [0.2, 0.25) is 10.0 Å². The van der Waals surface area contributed by atoms with E-state index in [9.17, 15) is 9.18 Å². The van der Waals surface area contributed by atoms with Crippen molar-refractivity contribution in [1.82, 2.24) is 4.98 Å². The van der Waals surface area contributed by atoms with Crippen LogP contribution >= 0.6 is 23.2 Å². The average Bonchev–Trinajstić information content (AvgIpc) is 2.50. The molecule has 0 saturated heterocycles. The molecule has 0 aliphatic heterocycles. The Hall–Kier alpha value is -2.09. The Balaban J connectivity index is 2.41. The molecule has 1 heterocycles. The van der Waals surface area contributed by atoms with Crippen molar-refractivity contribution >= 4 is 46.4 Å². The van der Waals surface area contributed by atoms with E-state index < -0.39 is 11.7 Å². The monoisotopic (exact) mass is 357 g/mol. The van der Waals surface area contributed by atoms with Crippen molar-refractivity contribution in [2.45, 2.75) is 0 Å². The number of carbonyl (C=O) groups excluding carboxylic acids is 1. The van der Waals surface area contributed by atoms with Crippen molar-refractivity contribution in [3.63, 3.8) is 0 Å². The molecule has 6 N–H and O–H groups in total. The lowest BCUT2D eigenvalue weighted by Crippen LogP contribution is -2.18. The van der Waals surface area contributed by atoms with E-state index >= 15 is 0 Å². The van der Waals surface area contributed by atoms with Gasteiger partial charge >= 0.3 is 0 Å². The van der Waals surface area contributed by atoms with Gasteiger partial charge in [0.15, 0.2) is 11.6 Å². The zero-order valence-corrected chi connectivity index (χ0v) is 13.4. The molecule has 0 spiro atoms. The first kappa shape index (κ1) is 17.3. The third-order valence-electron chi connectivity index (χ3n) is 2.86. The molecule has 0 saturated carbocycles. The third kappa shape index (κ3) is 4.22. The first-order valence-electron chi connectivity index (χ1n) is 6.58. The van der Waals surface area contributed by atoms with E-state index in [1.165, 1.54) is 0 Å². The predicted molar refractivity (Wildman–Crippen MR) is 90.0 cm³/mol. The highest BCUT2D eigenvalue weighted by Crippen LogP contribution is 2.28. The van der Waals surface area contributed by atoms with Gasteiger partial charge in [0, 0.05) is 18.8 Å². The maximum atomic E-state index is 13.9. The first-order valence-corrected chi connectivity index (χ1v) is 7.34. The van der Waals surface area contributed by atoms with Crippen molar-refractivity contribution in [1.29, 1.82) is 0 Å². The summed E-state index contributed by atoms with van der Waals surface area (Å²) in [4.78, 5) is 15.5. The van der Waals surface area contributed by atoms with Gasteiger partial charge in [0.2, 0.25) is 0 Å². The van der Waals surface area contributed by atoms with E-state index in [4.69, 9.17) is 34.7 Å². The van der Waals surface area contributed by atoms with Crippen molar-refractivity contribution in [2.24, 2.45) is 11.5 Å². The minimum atomic E-state index is -0.815. The van der Waals surface area contributed by atoms with Gasteiger partial charge in [-0.15, -0.1) is 0 Å². The standard InChI is InChI=1S/C14H14Cl2FN5O/c15-9-2-1-7(5-10(9)16)21-13-8(12(19)23)6-11(17)14(22-13)20-4-3-18/h1-2,5-6H,3-4,18H2,(H2,19,23)(H2,20,21,22). The smallest absolute Gasteiger partial charge is 0.252 e. The lowest BCUT2D eigenvalue weighted by Gasteiger charge is -2.13. The molecule has 0 aliphatic rings. The number of carbonyl (C=O) groups is 1. The molecule has 1 amide bonds. The fraction of sp³-hybridized carbons (Fsp3) is 0.143. The number of anilines is 3. The molecule has 1 aromatic heterocycles. The molecule has 6 nitrogen and oxygen atoms in total. The second kappa shape index (κ2) is 7.45. The molecule has 2 aromatic rings. The number of pyridine rings is 1.